The molecule has 1 aliphatic carbocycles. The van der Waals surface area contributed by atoms with Crippen molar-refractivity contribution in [2.45, 2.75) is 24.3 Å². The second-order valence-electron chi connectivity index (χ2n) is 4.14. The van der Waals surface area contributed by atoms with E-state index in [0.717, 1.165) is 10.0 Å². The van der Waals surface area contributed by atoms with Crippen LogP contribution < -0.4 is 5.73 Å². The lowest BCUT2D eigenvalue weighted by Gasteiger charge is -2.33. The topological polar surface area (TPSA) is 46.2 Å². The Hall–Kier alpha value is -0.520. The molecule has 2 nitrogen and oxygen atoms in total. The van der Waals surface area contributed by atoms with Gasteiger partial charge in [0.2, 0.25) is 0 Å². The Morgan fingerprint density at radius 1 is 1.50 bits per heavy atom. The van der Waals surface area contributed by atoms with E-state index in [0.29, 0.717) is 12.0 Å². The number of nitrogens with two attached hydrogens (primary N) is 1. The van der Waals surface area contributed by atoms with Gasteiger partial charge in [0, 0.05) is 4.47 Å². The Labute approximate surface area is 101 Å². The van der Waals surface area contributed by atoms with E-state index in [9.17, 15) is 8.78 Å². The Morgan fingerprint density at radius 3 is 2.81 bits per heavy atom. The highest BCUT2D eigenvalue weighted by molar-refractivity contribution is 9.10. The van der Waals surface area contributed by atoms with Crippen LogP contribution >= 0.6 is 15.9 Å². The first-order valence-corrected chi connectivity index (χ1v) is 5.76. The number of alkyl halides is 2. The zero-order chi connectivity index (χ0) is 12.0. The molecule has 0 bridgehead atoms. The van der Waals surface area contributed by atoms with Gasteiger partial charge in [0.25, 0.3) is 5.92 Å². The van der Waals surface area contributed by atoms with Crippen molar-refractivity contribution in [1.82, 2.24) is 0 Å². The van der Waals surface area contributed by atoms with Crippen molar-refractivity contribution in [3.05, 3.63) is 33.8 Å². The molecule has 0 unspecified atom stereocenters. The van der Waals surface area contributed by atoms with Gasteiger partial charge in [0.05, 0.1) is 0 Å². The lowest BCUT2D eigenvalue weighted by molar-refractivity contribution is -0.113. The summed E-state index contributed by atoms with van der Waals surface area (Å²) in [7, 11) is 0. The van der Waals surface area contributed by atoms with Crippen molar-refractivity contribution in [2.75, 3.05) is 6.61 Å². The highest BCUT2D eigenvalue weighted by atomic mass is 79.9. The minimum absolute atomic E-state index is 0.159. The normalized spacial score (nSPS) is 24.6. The summed E-state index contributed by atoms with van der Waals surface area (Å²) in [6.45, 7) is -1.23. The number of benzene rings is 1. The maximum Gasteiger partial charge on any atom is 0.292 e. The fraction of sp³-hybridized carbons (Fsp3) is 0.455. The molecule has 0 saturated carbocycles. The maximum absolute atomic E-state index is 13.7. The molecule has 0 spiro atoms. The molecular formula is C11H12BrF2NO. The molecule has 1 atom stereocenters. The number of aryl methyl sites for hydroxylation is 1. The number of aliphatic hydroxyl groups is 1. The van der Waals surface area contributed by atoms with E-state index in [-0.39, 0.29) is 6.42 Å². The smallest absolute Gasteiger partial charge is 0.292 e. The molecule has 0 aliphatic heterocycles. The third-order valence-corrected chi connectivity index (χ3v) is 3.69. The molecule has 0 heterocycles. The van der Waals surface area contributed by atoms with E-state index in [1.165, 1.54) is 0 Å². The van der Waals surface area contributed by atoms with Gasteiger partial charge >= 0.3 is 0 Å². The number of fused-ring (bicyclic) bond motifs is 1. The largest absolute Gasteiger partial charge is 0.390 e. The van der Waals surface area contributed by atoms with Gasteiger partial charge in [0.1, 0.15) is 12.1 Å². The van der Waals surface area contributed by atoms with Crippen molar-refractivity contribution in [1.29, 1.82) is 0 Å². The van der Waals surface area contributed by atoms with E-state index in [2.05, 4.69) is 15.9 Å². The Morgan fingerprint density at radius 2 is 2.19 bits per heavy atom. The average Bonchev–Trinajstić information content (AvgIpc) is 2.58. The van der Waals surface area contributed by atoms with Crippen LogP contribution in [0.3, 0.4) is 0 Å². The van der Waals surface area contributed by atoms with Crippen LogP contribution in [-0.4, -0.2) is 17.6 Å². The molecule has 0 amide bonds. The second-order valence-corrected chi connectivity index (χ2v) is 5.05. The minimum atomic E-state index is -3.29. The molecule has 0 fully saturated rings. The van der Waals surface area contributed by atoms with E-state index in [1.807, 2.05) is 6.07 Å². The maximum atomic E-state index is 13.7. The van der Waals surface area contributed by atoms with Crippen LogP contribution in [0, 0.1) is 0 Å². The summed E-state index contributed by atoms with van der Waals surface area (Å²) in [5.74, 6) is -3.29. The third kappa shape index (κ3) is 1.58. The fourth-order valence-electron chi connectivity index (χ4n) is 2.17. The van der Waals surface area contributed by atoms with Crippen LogP contribution in [0.15, 0.2) is 22.7 Å². The molecule has 1 aliphatic rings. The van der Waals surface area contributed by atoms with Crippen molar-refractivity contribution in [2.24, 2.45) is 5.73 Å². The summed E-state index contributed by atoms with van der Waals surface area (Å²) in [5.41, 5.74) is 5.31. The van der Waals surface area contributed by atoms with Gasteiger partial charge in [-0.15, -0.1) is 0 Å². The van der Waals surface area contributed by atoms with Gasteiger partial charge in [-0.25, -0.2) is 8.78 Å². The van der Waals surface area contributed by atoms with Gasteiger partial charge in [-0.1, -0.05) is 22.0 Å². The van der Waals surface area contributed by atoms with E-state index >= 15 is 0 Å². The fourth-order valence-corrected chi connectivity index (χ4v) is 2.53. The van der Waals surface area contributed by atoms with E-state index < -0.39 is 18.1 Å². The zero-order valence-electron chi connectivity index (χ0n) is 8.51. The molecule has 0 aromatic heterocycles. The Balaban J connectivity index is 2.53. The van der Waals surface area contributed by atoms with Gasteiger partial charge in [-0.2, -0.15) is 0 Å². The van der Waals surface area contributed by atoms with Gasteiger partial charge in [-0.3, -0.25) is 0 Å². The molecule has 0 radical (unpaired) electrons. The molecule has 1 aromatic carbocycles. The average molecular weight is 292 g/mol. The van der Waals surface area contributed by atoms with Crippen LogP contribution in [0.1, 0.15) is 17.5 Å². The molecular weight excluding hydrogens is 280 g/mol. The van der Waals surface area contributed by atoms with Crippen LogP contribution in [0.25, 0.3) is 0 Å². The molecule has 5 heteroatoms. The number of aliphatic hydroxyl groups excluding tert-OH is 1. The molecule has 88 valence electrons. The Kier molecular flexibility index (Phi) is 2.80. The van der Waals surface area contributed by atoms with Gasteiger partial charge in [0.15, 0.2) is 0 Å². The Bertz CT molecular complexity index is 424. The molecule has 1 aromatic rings. The predicted octanol–water partition coefficient (Wildman–Crippen LogP) is 2.18. The van der Waals surface area contributed by atoms with Crippen molar-refractivity contribution in [3.63, 3.8) is 0 Å². The lowest BCUT2D eigenvalue weighted by Crippen LogP contribution is -2.53. The SMILES string of the molecule is N[C@]1(C(F)(F)CO)CCc2ccc(Br)cc21. The third-order valence-electron chi connectivity index (χ3n) is 3.19. The zero-order valence-corrected chi connectivity index (χ0v) is 10.1. The number of rotatable bonds is 2. The monoisotopic (exact) mass is 291 g/mol. The van der Waals surface area contributed by atoms with E-state index in [4.69, 9.17) is 10.8 Å². The number of hydrogen-bond donors (Lipinski definition) is 2. The quantitative estimate of drug-likeness (QED) is 0.877. The molecule has 16 heavy (non-hydrogen) atoms. The first-order valence-electron chi connectivity index (χ1n) is 4.97. The van der Waals surface area contributed by atoms with Gasteiger partial charge in [-0.05, 0) is 36.1 Å². The number of halogens is 3. The molecule has 2 rings (SSSR count). The summed E-state index contributed by atoms with van der Waals surface area (Å²) in [5, 5.41) is 8.77. The summed E-state index contributed by atoms with van der Waals surface area (Å²) < 4.78 is 28.0. The number of hydrogen-bond acceptors (Lipinski definition) is 2. The summed E-state index contributed by atoms with van der Waals surface area (Å²) in [6, 6.07) is 5.22. The molecule has 3 N–H and O–H groups in total. The first kappa shape index (κ1) is 12.0. The molecule has 0 saturated heterocycles. The predicted molar refractivity (Wildman–Crippen MR) is 60.4 cm³/mol. The summed E-state index contributed by atoms with van der Waals surface area (Å²) in [4.78, 5) is 0. The van der Waals surface area contributed by atoms with Crippen LogP contribution in [0.4, 0.5) is 8.78 Å². The van der Waals surface area contributed by atoms with Crippen molar-refractivity contribution in [3.8, 4) is 0 Å². The minimum Gasteiger partial charge on any atom is -0.390 e. The lowest BCUT2D eigenvalue weighted by atomic mass is 9.86. The van der Waals surface area contributed by atoms with E-state index in [1.54, 1.807) is 12.1 Å². The van der Waals surface area contributed by atoms with Gasteiger partial charge < -0.3 is 10.8 Å². The van der Waals surface area contributed by atoms with Crippen LogP contribution in [-0.2, 0) is 12.0 Å². The second kappa shape index (κ2) is 3.75. The van der Waals surface area contributed by atoms with Crippen molar-refractivity contribution < 1.29 is 13.9 Å². The summed E-state index contributed by atoms with van der Waals surface area (Å²) in [6.07, 6.45) is 0.682. The van der Waals surface area contributed by atoms with Crippen LogP contribution in [0.2, 0.25) is 0 Å². The summed E-state index contributed by atoms with van der Waals surface area (Å²) >= 11 is 3.24. The van der Waals surface area contributed by atoms with Crippen molar-refractivity contribution >= 4 is 15.9 Å². The standard InChI is InChI=1S/C11H12BrF2NO/c12-8-2-1-7-3-4-10(15,9(7)5-8)11(13,14)6-16/h1-2,5,16H,3-4,6,15H2/t10-/m1/s1. The first-order chi connectivity index (χ1) is 7.40. The highest BCUT2D eigenvalue weighted by Gasteiger charge is 2.54. The highest BCUT2D eigenvalue weighted by Crippen LogP contribution is 2.45. The van der Waals surface area contributed by atoms with Crippen LogP contribution in [0.5, 0.6) is 0 Å².